The van der Waals surface area contributed by atoms with Gasteiger partial charge in [0.15, 0.2) is 0 Å². The van der Waals surface area contributed by atoms with Crippen molar-refractivity contribution in [3.8, 4) is 0 Å². The van der Waals surface area contributed by atoms with Crippen molar-refractivity contribution in [1.29, 1.82) is 0 Å². The van der Waals surface area contributed by atoms with Gasteiger partial charge < -0.3 is 4.57 Å². The van der Waals surface area contributed by atoms with Gasteiger partial charge in [-0.3, -0.25) is 9.59 Å². The van der Waals surface area contributed by atoms with Crippen LogP contribution in [0.1, 0.15) is 44.3 Å². The highest BCUT2D eigenvalue weighted by Gasteiger charge is 2.42. The van der Waals surface area contributed by atoms with Crippen molar-refractivity contribution < 1.29 is 14.2 Å². The monoisotopic (exact) mass is 430 g/mol. The number of carbonyl (C=O) groups is 2. The van der Waals surface area contributed by atoms with E-state index in [1.807, 2.05) is 19.1 Å². The highest BCUT2D eigenvalue weighted by Crippen LogP contribution is 2.54. The average molecular weight is 432 g/mol. The third kappa shape index (κ3) is 3.77. The third-order valence-electron chi connectivity index (χ3n) is 4.21. The number of benzene rings is 2. The highest BCUT2D eigenvalue weighted by atomic mass is 35.5. The summed E-state index contributed by atoms with van der Waals surface area (Å²) in [5.41, 5.74) is 1.04. The van der Waals surface area contributed by atoms with Crippen molar-refractivity contribution in [2.45, 2.75) is 27.7 Å². The lowest BCUT2D eigenvalue weighted by molar-refractivity contribution is 0.103. The van der Waals surface area contributed by atoms with Gasteiger partial charge in [-0.05, 0) is 44.0 Å². The molecule has 0 aliphatic carbocycles. The van der Waals surface area contributed by atoms with E-state index in [1.165, 1.54) is 12.1 Å². The first-order chi connectivity index (χ1) is 12.0. The molecule has 138 valence electrons. The Kier molecular flexibility index (Phi) is 6.40. The molecule has 0 aliphatic heterocycles. The second kappa shape index (κ2) is 7.86. The summed E-state index contributed by atoms with van der Waals surface area (Å²) in [6.07, 6.45) is -0.118. The molecule has 0 radical (unpaired) electrons. The predicted octanol–water partition coefficient (Wildman–Crippen LogP) is 6.94. The number of rotatable bonds is 5. The number of aryl methyl sites for hydroxylation is 3. The third-order valence-corrected chi connectivity index (χ3v) is 7.68. The molecule has 3 nitrogen and oxygen atoms in total. The van der Waals surface area contributed by atoms with Crippen LogP contribution in [0.4, 0.5) is 0 Å². The molecule has 2 rings (SSSR count). The van der Waals surface area contributed by atoms with Crippen LogP contribution >= 0.6 is 41.9 Å². The van der Waals surface area contributed by atoms with Crippen molar-refractivity contribution in [2.75, 3.05) is 6.16 Å². The van der Waals surface area contributed by atoms with E-state index in [0.717, 1.165) is 5.56 Å². The summed E-state index contributed by atoms with van der Waals surface area (Å²) in [5.74, 6) is 0. The second-order valence-electron chi connectivity index (χ2n) is 6.18. The zero-order valence-corrected chi connectivity index (χ0v) is 18.0. The SMILES string of the molecule is CCP(=O)(C(=O)c1c(C)cc(C)cc1C)C(=O)c1c(Cl)cc(Cl)cc1Cl. The summed E-state index contributed by atoms with van der Waals surface area (Å²) in [6, 6.07) is 6.34. The fraction of sp³-hybridized carbons (Fsp3) is 0.263. The Bertz CT molecular complexity index is 847. The molecule has 1 unspecified atom stereocenters. The summed E-state index contributed by atoms with van der Waals surface area (Å²) >= 11 is 18.1. The molecule has 0 N–H and O–H groups in total. The van der Waals surface area contributed by atoms with Crippen LogP contribution in [0.5, 0.6) is 0 Å². The van der Waals surface area contributed by atoms with Crippen LogP contribution in [0.25, 0.3) is 0 Å². The predicted molar refractivity (Wildman–Crippen MR) is 109 cm³/mol. The van der Waals surface area contributed by atoms with Gasteiger partial charge in [0.2, 0.25) is 18.2 Å². The van der Waals surface area contributed by atoms with Crippen molar-refractivity contribution in [2.24, 2.45) is 0 Å². The number of hydrogen-bond donors (Lipinski definition) is 0. The van der Waals surface area contributed by atoms with Gasteiger partial charge in [-0.1, -0.05) is 59.4 Å². The van der Waals surface area contributed by atoms with Crippen molar-refractivity contribution in [3.05, 3.63) is 67.2 Å². The lowest BCUT2D eigenvalue weighted by Gasteiger charge is -2.18. The lowest BCUT2D eigenvalue weighted by Crippen LogP contribution is -2.15. The lowest BCUT2D eigenvalue weighted by atomic mass is 10.0. The van der Waals surface area contributed by atoms with Crippen LogP contribution in [0.2, 0.25) is 15.1 Å². The Balaban J connectivity index is 2.64. The van der Waals surface area contributed by atoms with Crippen LogP contribution in [0.3, 0.4) is 0 Å². The van der Waals surface area contributed by atoms with Crippen LogP contribution in [0, 0.1) is 20.8 Å². The van der Waals surface area contributed by atoms with Gasteiger partial charge in [0.1, 0.15) is 0 Å². The van der Waals surface area contributed by atoms with Gasteiger partial charge in [0.25, 0.3) is 0 Å². The summed E-state index contributed by atoms with van der Waals surface area (Å²) in [4.78, 5) is 26.2. The Morgan fingerprint density at radius 2 is 1.27 bits per heavy atom. The molecule has 0 saturated carbocycles. The van der Waals surface area contributed by atoms with E-state index < -0.39 is 18.2 Å². The van der Waals surface area contributed by atoms with Crippen LogP contribution < -0.4 is 0 Å². The second-order valence-corrected chi connectivity index (χ2v) is 10.4. The number of halogens is 3. The van der Waals surface area contributed by atoms with Crippen molar-refractivity contribution in [1.82, 2.24) is 0 Å². The zero-order chi connectivity index (χ0) is 19.8. The Morgan fingerprint density at radius 3 is 1.69 bits per heavy atom. The standard InChI is InChI=1S/C19H18Cl3O3P/c1-5-26(25,18(23)16-11(3)6-10(2)7-12(16)4)19(24)17-14(21)8-13(20)9-15(17)22/h6-9H,5H2,1-4H3. The largest absolute Gasteiger partial charge is 0.307 e. The molecule has 2 aromatic carbocycles. The summed E-state index contributed by atoms with van der Waals surface area (Å²) in [5, 5.41) is 0.206. The molecule has 2 aromatic rings. The molecule has 7 heteroatoms. The molecule has 1 atom stereocenters. The van der Waals surface area contributed by atoms with Gasteiger partial charge in [-0.15, -0.1) is 0 Å². The summed E-state index contributed by atoms with van der Waals surface area (Å²) in [6.45, 7) is 6.99. The molecular formula is C19H18Cl3O3P. The first kappa shape index (κ1) is 21.2. The molecule has 0 spiro atoms. The van der Waals surface area contributed by atoms with E-state index in [4.69, 9.17) is 34.8 Å². The topological polar surface area (TPSA) is 51.2 Å². The van der Waals surface area contributed by atoms with E-state index in [9.17, 15) is 14.2 Å². The maximum atomic E-state index is 13.5. The Morgan fingerprint density at radius 1 is 0.846 bits per heavy atom. The molecule has 26 heavy (non-hydrogen) atoms. The van der Waals surface area contributed by atoms with Crippen LogP contribution in [-0.4, -0.2) is 17.2 Å². The zero-order valence-electron chi connectivity index (χ0n) is 14.8. The fourth-order valence-electron chi connectivity index (χ4n) is 3.00. The minimum atomic E-state index is -3.95. The Labute approximate surface area is 168 Å². The van der Waals surface area contributed by atoms with Gasteiger partial charge in [-0.2, -0.15) is 0 Å². The highest BCUT2D eigenvalue weighted by molar-refractivity contribution is 7.95. The molecule has 0 fully saturated rings. The summed E-state index contributed by atoms with van der Waals surface area (Å²) < 4.78 is 13.5. The molecular weight excluding hydrogens is 414 g/mol. The molecule has 0 amide bonds. The fourth-order valence-corrected chi connectivity index (χ4v) is 6.20. The number of hydrogen-bond acceptors (Lipinski definition) is 3. The van der Waals surface area contributed by atoms with E-state index in [2.05, 4.69) is 0 Å². The molecule has 0 saturated heterocycles. The molecule has 0 aliphatic rings. The van der Waals surface area contributed by atoms with Gasteiger partial charge >= 0.3 is 0 Å². The summed E-state index contributed by atoms with van der Waals surface area (Å²) in [7, 11) is -3.95. The van der Waals surface area contributed by atoms with Crippen LogP contribution in [-0.2, 0) is 4.57 Å². The Hall–Kier alpha value is -1.12. The van der Waals surface area contributed by atoms with Gasteiger partial charge in [-0.25, -0.2) is 0 Å². The average Bonchev–Trinajstić information content (AvgIpc) is 2.51. The normalized spacial score (nSPS) is 13.3. The van der Waals surface area contributed by atoms with E-state index in [-0.39, 0.29) is 26.8 Å². The van der Waals surface area contributed by atoms with Gasteiger partial charge in [0.05, 0.1) is 15.6 Å². The molecule has 0 aromatic heterocycles. The molecule has 0 heterocycles. The van der Waals surface area contributed by atoms with E-state index in [0.29, 0.717) is 16.7 Å². The first-order valence-corrected chi connectivity index (χ1v) is 11.0. The van der Waals surface area contributed by atoms with Crippen LogP contribution in [0.15, 0.2) is 24.3 Å². The maximum Gasteiger partial charge on any atom is 0.231 e. The van der Waals surface area contributed by atoms with E-state index >= 15 is 0 Å². The smallest absolute Gasteiger partial charge is 0.231 e. The van der Waals surface area contributed by atoms with Gasteiger partial charge in [0, 0.05) is 16.7 Å². The minimum Gasteiger partial charge on any atom is -0.307 e. The first-order valence-electron chi connectivity index (χ1n) is 7.94. The number of carbonyl (C=O) groups excluding carboxylic acids is 2. The van der Waals surface area contributed by atoms with E-state index in [1.54, 1.807) is 20.8 Å². The minimum absolute atomic E-state index is 0.0219. The van der Waals surface area contributed by atoms with Crippen molar-refractivity contribution >= 4 is 53.0 Å². The van der Waals surface area contributed by atoms with Crippen molar-refractivity contribution in [3.63, 3.8) is 0 Å². The quantitative estimate of drug-likeness (QED) is 0.482. The molecule has 0 bridgehead atoms. The maximum absolute atomic E-state index is 13.5.